The van der Waals surface area contributed by atoms with Gasteiger partial charge in [-0.3, -0.25) is 33.4 Å². The van der Waals surface area contributed by atoms with E-state index in [1.54, 1.807) is 60.3 Å². The van der Waals surface area contributed by atoms with Crippen molar-refractivity contribution in [3.63, 3.8) is 0 Å². The van der Waals surface area contributed by atoms with Crippen molar-refractivity contribution in [3.8, 4) is 11.5 Å². The number of phenolic OH excluding ortho intramolecular Hbond substituents is 2. The van der Waals surface area contributed by atoms with E-state index in [1.807, 2.05) is 13.0 Å². The summed E-state index contributed by atoms with van der Waals surface area (Å²) in [7, 11) is -4.02. The van der Waals surface area contributed by atoms with Gasteiger partial charge in [0.2, 0.25) is 33.1 Å². The second-order valence-corrected chi connectivity index (χ2v) is 18.0. The fourth-order valence-corrected chi connectivity index (χ4v) is 8.12. The Balaban J connectivity index is 1.18. The summed E-state index contributed by atoms with van der Waals surface area (Å²) in [5.74, 6) is -4.92. The van der Waals surface area contributed by atoms with Gasteiger partial charge in [-0.1, -0.05) is 47.7 Å². The van der Waals surface area contributed by atoms with Gasteiger partial charge in [-0.2, -0.15) is 0 Å². The normalized spacial score (nSPS) is 13.2. The predicted octanol–water partition coefficient (Wildman–Crippen LogP) is 2.28. The van der Waals surface area contributed by atoms with Crippen LogP contribution in [0, 0.1) is 5.92 Å². The molecule has 0 fully saturated rings. The summed E-state index contributed by atoms with van der Waals surface area (Å²) in [5, 5.41) is 60.5. The lowest BCUT2D eigenvalue weighted by molar-refractivity contribution is -0.146. The average Bonchev–Trinajstić information content (AvgIpc) is 3.91. The molecule has 0 spiro atoms. The van der Waals surface area contributed by atoms with Crippen molar-refractivity contribution >= 4 is 61.9 Å². The van der Waals surface area contributed by atoms with Crippen LogP contribution < -0.4 is 26.4 Å². The maximum absolute atomic E-state index is 13.0. The molecule has 3 atom stereocenters. The number of unbranched alkanes of at least 4 members (excludes halogenated alkanes) is 1. The second-order valence-electron chi connectivity index (χ2n) is 15.3. The number of hydrogen-bond donors (Lipinski definition) is 8. The van der Waals surface area contributed by atoms with Crippen LogP contribution in [0.5, 0.6) is 11.5 Å². The second kappa shape index (κ2) is 23.9. The molecular weight excluding hydrogens is 873 g/mol. The molecule has 2 aromatic heterocycles. The van der Waals surface area contributed by atoms with Crippen LogP contribution in [-0.2, 0) is 57.2 Å². The number of nitrogens with zero attached hydrogens (tertiary/aromatic N) is 5. The Morgan fingerprint density at radius 2 is 1.61 bits per heavy atom. The van der Waals surface area contributed by atoms with Gasteiger partial charge < -0.3 is 36.6 Å². The Bertz CT molecular complexity index is 2350. The van der Waals surface area contributed by atoms with Crippen LogP contribution in [0.1, 0.15) is 94.9 Å². The zero-order valence-corrected chi connectivity index (χ0v) is 37.1. The Morgan fingerprint density at radius 1 is 0.859 bits per heavy atom. The van der Waals surface area contributed by atoms with Gasteiger partial charge in [-0.25, -0.2) is 13.6 Å². The highest BCUT2D eigenvalue weighted by atomic mass is 32.2. The quantitative estimate of drug-likeness (QED) is 0.0314. The first-order valence-electron chi connectivity index (χ1n) is 20.6. The van der Waals surface area contributed by atoms with E-state index in [0.717, 1.165) is 11.1 Å². The minimum absolute atomic E-state index is 0.00931. The molecule has 9 N–H and O–H groups in total. The number of aryl methyl sites for hydroxylation is 2. The van der Waals surface area contributed by atoms with Gasteiger partial charge in [0.25, 0.3) is 10.0 Å². The van der Waals surface area contributed by atoms with Gasteiger partial charge in [0, 0.05) is 63.4 Å². The third-order valence-corrected chi connectivity index (χ3v) is 12.4. The molecule has 0 bridgehead atoms. The molecule has 4 rings (SSSR count). The molecule has 2 unspecified atom stereocenters. The number of hydrogen-bond acceptors (Lipinski definition) is 15. The van der Waals surface area contributed by atoms with E-state index in [1.165, 1.54) is 0 Å². The number of nitrogens with two attached hydrogens (primary N) is 1. The molecule has 0 saturated carbocycles. The van der Waals surface area contributed by atoms with Gasteiger partial charge in [0.1, 0.15) is 23.3 Å². The largest absolute Gasteiger partial charge is 0.508 e. The summed E-state index contributed by atoms with van der Waals surface area (Å²) in [4.78, 5) is 75.9. The number of aromatic nitrogens is 5. The van der Waals surface area contributed by atoms with Gasteiger partial charge in [-0.15, -0.1) is 15.3 Å². The summed E-state index contributed by atoms with van der Waals surface area (Å²) < 4.78 is 23.9. The maximum Gasteiger partial charge on any atom is 0.307 e. The molecule has 64 heavy (non-hydrogen) atoms. The number of primary sulfonamides is 1. The Hall–Kier alpha value is -6.33. The summed E-state index contributed by atoms with van der Waals surface area (Å²) in [6.07, 6.45) is 3.17. The topological polar surface area (TPSA) is 328 Å². The van der Waals surface area contributed by atoms with E-state index in [-0.39, 0.29) is 54.8 Å². The predicted molar refractivity (Wildman–Crippen MR) is 232 cm³/mol. The van der Waals surface area contributed by atoms with Crippen LogP contribution >= 0.6 is 11.3 Å². The van der Waals surface area contributed by atoms with Gasteiger partial charge >= 0.3 is 5.97 Å². The van der Waals surface area contributed by atoms with Crippen LogP contribution in [-0.4, -0.2) is 103 Å². The number of rotatable bonds is 27. The number of aromatic hydroxyl groups is 2. The first kappa shape index (κ1) is 50.3. The zero-order valence-electron chi connectivity index (χ0n) is 35.5. The Morgan fingerprint density at radius 3 is 2.28 bits per heavy atom. The number of aliphatic carboxylic acids is 1. The van der Waals surface area contributed by atoms with E-state index >= 15 is 0 Å². The molecule has 4 aromatic rings. The lowest BCUT2D eigenvalue weighted by Gasteiger charge is -2.31. The van der Waals surface area contributed by atoms with Crippen LogP contribution in [0.4, 0.5) is 5.13 Å². The average molecular weight is 927 g/mol. The van der Waals surface area contributed by atoms with Gasteiger partial charge in [-0.05, 0) is 80.8 Å². The number of sulfonamides is 1. The number of carboxylic acid groups (broad SMARTS) is 1. The van der Waals surface area contributed by atoms with E-state index in [2.05, 4.69) is 41.8 Å². The van der Waals surface area contributed by atoms with Crippen LogP contribution in [0.3, 0.4) is 0 Å². The van der Waals surface area contributed by atoms with E-state index < -0.39 is 74.1 Å². The van der Waals surface area contributed by atoms with Gasteiger partial charge in [0.15, 0.2) is 0 Å². The van der Waals surface area contributed by atoms with Crippen molar-refractivity contribution in [3.05, 3.63) is 71.5 Å². The third-order valence-electron chi connectivity index (χ3n) is 10.3. The SMILES string of the molecule is CCNC(=O)[C@H](CCCCn1cc(CCCC(=O)Nc2nnc(S(N)(=O)=O)s2)nn1)NC(=O)CC(CC(=O)CCNC(=O)CCC(C)(c1ccc(O)cc1)c1cccc(O)c1)C(=O)O. The molecule has 0 aliphatic rings. The van der Waals surface area contributed by atoms with Crippen molar-refractivity contribution in [1.29, 1.82) is 0 Å². The number of carbonyl (C=O) groups is 6. The van der Waals surface area contributed by atoms with E-state index in [0.29, 0.717) is 62.2 Å². The highest BCUT2D eigenvalue weighted by Crippen LogP contribution is 2.38. The van der Waals surface area contributed by atoms with Crippen molar-refractivity contribution in [2.75, 3.05) is 18.4 Å². The molecule has 0 aliphatic heterocycles. The number of phenols is 2. The number of carbonyl (C=O) groups excluding carboxylic acids is 5. The van der Waals surface area contributed by atoms with E-state index in [4.69, 9.17) is 5.14 Å². The maximum atomic E-state index is 13.0. The van der Waals surface area contributed by atoms with Crippen molar-refractivity contribution in [2.24, 2.45) is 11.1 Å². The molecule has 0 aliphatic carbocycles. The fraction of sp³-hybridized carbons (Fsp3) is 0.463. The number of carboxylic acids is 1. The first-order chi connectivity index (χ1) is 30.4. The number of likely N-dealkylation sites (N-methyl/N-ethyl adjacent to an activating group) is 1. The molecule has 21 nitrogen and oxygen atoms in total. The number of Topliss-reactive ketones (excluding diaryl/α,β-unsaturated/α-hetero) is 1. The van der Waals surface area contributed by atoms with Crippen LogP contribution in [0.2, 0.25) is 0 Å². The number of anilines is 1. The number of amides is 4. The standard InChI is InChI=1S/C41H54N10O11S2/c1-3-43-37(58)33(11-4-5-21-51-25-29(47-50-51)9-7-12-35(56)46-39-48-49-40(63-39)64(42,61)62)45-36(57)23-26(38(59)60)22-32(54)18-20-44-34(55)17-19-41(2,27-13-15-30(52)16-14-27)28-8-6-10-31(53)24-28/h6,8,10,13-16,24-26,33,52-53H,3-5,7,9,11-12,17-23H2,1-2H3,(H,43,58)(H,44,55)(H,45,57)(H,59,60)(H2,42,61,62)(H,46,48,56)/t26?,33-,41?/m0/s1. The number of benzene rings is 2. The Kier molecular flexibility index (Phi) is 18.8. The summed E-state index contributed by atoms with van der Waals surface area (Å²) in [6.45, 7) is 4.33. The zero-order chi connectivity index (χ0) is 46.9. The molecular formula is C41H54N10O11S2. The first-order valence-corrected chi connectivity index (χ1v) is 22.9. The fourth-order valence-electron chi connectivity index (χ4n) is 6.77. The smallest absolute Gasteiger partial charge is 0.307 e. The molecule has 346 valence electrons. The van der Waals surface area contributed by atoms with Crippen molar-refractivity contribution < 1.29 is 52.5 Å². The molecule has 23 heteroatoms. The summed E-state index contributed by atoms with van der Waals surface area (Å²) in [6, 6.07) is 12.3. The minimum Gasteiger partial charge on any atom is -0.508 e. The number of nitrogens with one attached hydrogen (secondary N) is 4. The summed E-state index contributed by atoms with van der Waals surface area (Å²) in [5.41, 5.74) is 1.50. The molecule has 0 radical (unpaired) electrons. The number of ketones is 1. The molecule has 0 saturated heterocycles. The highest BCUT2D eigenvalue weighted by molar-refractivity contribution is 7.91. The van der Waals surface area contributed by atoms with E-state index in [9.17, 15) is 52.5 Å². The monoisotopic (exact) mass is 926 g/mol. The minimum atomic E-state index is -4.02. The summed E-state index contributed by atoms with van der Waals surface area (Å²) >= 11 is 0.642. The highest BCUT2D eigenvalue weighted by Gasteiger charge is 2.31. The van der Waals surface area contributed by atoms with Crippen LogP contribution in [0.25, 0.3) is 0 Å². The molecule has 4 amide bonds. The molecule has 2 aromatic carbocycles. The van der Waals surface area contributed by atoms with Crippen molar-refractivity contribution in [2.45, 2.75) is 107 Å². The van der Waals surface area contributed by atoms with Crippen molar-refractivity contribution in [1.82, 2.24) is 41.1 Å². The van der Waals surface area contributed by atoms with Crippen LogP contribution in [0.15, 0.2) is 59.1 Å². The lowest BCUT2D eigenvalue weighted by atomic mass is 9.73. The lowest BCUT2D eigenvalue weighted by Crippen LogP contribution is -2.47. The third kappa shape index (κ3) is 16.1. The molecule has 2 heterocycles. The van der Waals surface area contributed by atoms with Gasteiger partial charge in [0.05, 0.1) is 11.6 Å². The Labute approximate surface area is 373 Å².